The van der Waals surface area contributed by atoms with E-state index in [9.17, 15) is 4.79 Å². The van der Waals surface area contributed by atoms with Crippen molar-refractivity contribution in [1.29, 1.82) is 0 Å². The van der Waals surface area contributed by atoms with Gasteiger partial charge in [0, 0.05) is 31.0 Å². The molecule has 0 aliphatic rings. The first-order chi connectivity index (χ1) is 7.99. The van der Waals surface area contributed by atoms with Gasteiger partial charge < -0.3 is 5.73 Å². The van der Waals surface area contributed by atoms with E-state index in [1.807, 2.05) is 19.9 Å². The van der Waals surface area contributed by atoms with Crippen LogP contribution in [-0.4, -0.2) is 5.78 Å². The number of carbonyl (C=O) groups excluding carboxylic acids is 1. The minimum atomic E-state index is 0.0195. The maximum Gasteiger partial charge on any atom is 0.195 e. The van der Waals surface area contributed by atoms with Crippen molar-refractivity contribution in [2.75, 3.05) is 5.73 Å². The van der Waals surface area contributed by atoms with Crippen molar-refractivity contribution in [3.8, 4) is 0 Å². The molecule has 0 atom stereocenters. The van der Waals surface area contributed by atoms with Crippen LogP contribution in [0.3, 0.4) is 0 Å². The van der Waals surface area contributed by atoms with Crippen LogP contribution in [0.4, 0.5) is 5.69 Å². The molecular weight excluding hydrogens is 298 g/mol. The van der Waals surface area contributed by atoms with E-state index in [0.29, 0.717) is 11.3 Å². The van der Waals surface area contributed by atoms with Crippen LogP contribution in [-0.2, 0) is 0 Å². The van der Waals surface area contributed by atoms with Gasteiger partial charge >= 0.3 is 0 Å². The van der Waals surface area contributed by atoms with Gasteiger partial charge in [-0.1, -0.05) is 15.9 Å². The van der Waals surface area contributed by atoms with Gasteiger partial charge in [0.1, 0.15) is 0 Å². The van der Waals surface area contributed by atoms with Gasteiger partial charge in [-0.2, -0.15) is 0 Å². The number of benzene rings is 1. The fourth-order valence-electron chi connectivity index (χ4n) is 1.72. The monoisotopic (exact) mass is 309 g/mol. The first kappa shape index (κ1) is 12.3. The van der Waals surface area contributed by atoms with E-state index >= 15 is 0 Å². The molecule has 2 rings (SSSR count). The fraction of sp³-hybridized carbons (Fsp3) is 0.154. The maximum absolute atomic E-state index is 12.4. The molecule has 88 valence electrons. The zero-order valence-corrected chi connectivity index (χ0v) is 12.0. The molecule has 1 aromatic heterocycles. The highest BCUT2D eigenvalue weighted by Crippen LogP contribution is 2.27. The first-order valence-corrected chi connectivity index (χ1v) is 6.76. The summed E-state index contributed by atoms with van der Waals surface area (Å²) in [6.45, 7) is 3.97. The molecule has 2 N–H and O–H groups in total. The third-order valence-corrected chi connectivity index (χ3v) is 4.18. The summed E-state index contributed by atoms with van der Waals surface area (Å²) in [5.41, 5.74) is 7.69. The second-order valence-corrected chi connectivity index (χ2v) is 6.21. The van der Waals surface area contributed by atoms with Gasteiger partial charge in [0.2, 0.25) is 0 Å². The number of hydrogen-bond donors (Lipinski definition) is 1. The molecule has 0 amide bonds. The average molecular weight is 310 g/mol. The predicted molar refractivity (Wildman–Crippen MR) is 75.8 cm³/mol. The van der Waals surface area contributed by atoms with E-state index in [-0.39, 0.29) is 5.78 Å². The quantitative estimate of drug-likeness (QED) is 0.674. The summed E-state index contributed by atoms with van der Waals surface area (Å²) in [7, 11) is 0. The maximum atomic E-state index is 12.4. The zero-order valence-electron chi connectivity index (χ0n) is 9.58. The van der Waals surface area contributed by atoms with Crippen LogP contribution in [0.1, 0.15) is 25.7 Å². The van der Waals surface area contributed by atoms with Gasteiger partial charge in [0.05, 0.1) is 0 Å². The molecule has 0 aliphatic heterocycles. The minimum Gasteiger partial charge on any atom is -0.399 e. The number of thiophene rings is 1. The van der Waals surface area contributed by atoms with Gasteiger partial charge in [-0.05, 0) is 38.1 Å². The van der Waals surface area contributed by atoms with Crippen molar-refractivity contribution >= 4 is 38.7 Å². The topological polar surface area (TPSA) is 43.1 Å². The Bertz CT molecular complexity index is 589. The fourth-order valence-corrected chi connectivity index (χ4v) is 3.07. The van der Waals surface area contributed by atoms with Gasteiger partial charge in [-0.25, -0.2) is 0 Å². The number of ketones is 1. The van der Waals surface area contributed by atoms with Crippen LogP contribution in [0.25, 0.3) is 0 Å². The number of nitrogen functional groups attached to an aromatic ring is 1. The van der Waals surface area contributed by atoms with Crippen molar-refractivity contribution in [2.24, 2.45) is 0 Å². The summed E-state index contributed by atoms with van der Waals surface area (Å²) in [6, 6.07) is 7.21. The Morgan fingerprint density at radius 1 is 1.24 bits per heavy atom. The van der Waals surface area contributed by atoms with Crippen molar-refractivity contribution in [1.82, 2.24) is 0 Å². The highest BCUT2D eigenvalue weighted by atomic mass is 79.9. The second-order valence-electron chi connectivity index (χ2n) is 3.90. The van der Waals surface area contributed by atoms with Gasteiger partial charge in [-0.15, -0.1) is 11.3 Å². The smallest absolute Gasteiger partial charge is 0.195 e. The molecular formula is C13H12BrNOS. The lowest BCUT2D eigenvalue weighted by molar-refractivity contribution is 0.103. The number of aryl methyl sites for hydroxylation is 2. The second kappa shape index (κ2) is 4.63. The van der Waals surface area contributed by atoms with Crippen molar-refractivity contribution in [2.45, 2.75) is 13.8 Å². The van der Waals surface area contributed by atoms with Crippen LogP contribution in [0.15, 0.2) is 28.7 Å². The van der Waals surface area contributed by atoms with Crippen LogP contribution in [0.5, 0.6) is 0 Å². The summed E-state index contributed by atoms with van der Waals surface area (Å²) < 4.78 is 0.778. The molecule has 0 spiro atoms. The summed E-state index contributed by atoms with van der Waals surface area (Å²) in [5.74, 6) is 0.0195. The molecule has 1 heterocycles. The number of hydrogen-bond acceptors (Lipinski definition) is 3. The van der Waals surface area contributed by atoms with Crippen molar-refractivity contribution in [3.63, 3.8) is 0 Å². The lowest BCUT2D eigenvalue weighted by Gasteiger charge is -2.04. The van der Waals surface area contributed by atoms with E-state index in [1.165, 1.54) is 0 Å². The molecule has 0 bridgehead atoms. The van der Waals surface area contributed by atoms with Gasteiger partial charge in [0.25, 0.3) is 0 Å². The lowest BCUT2D eigenvalue weighted by atomic mass is 10.0. The SMILES string of the molecule is Cc1cc(C(=O)c2cc(N)ccc2Br)c(C)s1. The van der Waals surface area contributed by atoms with Crippen LogP contribution >= 0.6 is 27.3 Å². The van der Waals surface area contributed by atoms with Crippen LogP contribution in [0, 0.1) is 13.8 Å². The van der Waals surface area contributed by atoms with Crippen LogP contribution < -0.4 is 5.73 Å². The first-order valence-electron chi connectivity index (χ1n) is 5.16. The molecule has 0 unspecified atom stereocenters. The van der Waals surface area contributed by atoms with E-state index in [0.717, 1.165) is 19.8 Å². The molecule has 2 aromatic rings. The number of halogens is 1. The lowest BCUT2D eigenvalue weighted by Crippen LogP contribution is -2.03. The zero-order chi connectivity index (χ0) is 12.6. The Hall–Kier alpha value is -1.13. The summed E-state index contributed by atoms with van der Waals surface area (Å²) in [4.78, 5) is 14.6. The van der Waals surface area contributed by atoms with E-state index < -0.39 is 0 Å². The van der Waals surface area contributed by atoms with Crippen molar-refractivity contribution < 1.29 is 4.79 Å². The van der Waals surface area contributed by atoms with Gasteiger partial charge in [-0.3, -0.25) is 4.79 Å². The van der Waals surface area contributed by atoms with Crippen molar-refractivity contribution in [3.05, 3.63) is 49.6 Å². The third kappa shape index (κ3) is 2.42. The molecule has 0 saturated heterocycles. The summed E-state index contributed by atoms with van der Waals surface area (Å²) >= 11 is 5.02. The predicted octanol–water partition coefficient (Wildman–Crippen LogP) is 3.94. The molecule has 4 heteroatoms. The Morgan fingerprint density at radius 2 is 1.94 bits per heavy atom. The highest BCUT2D eigenvalue weighted by molar-refractivity contribution is 9.10. The third-order valence-electron chi connectivity index (χ3n) is 2.52. The largest absolute Gasteiger partial charge is 0.399 e. The van der Waals surface area contributed by atoms with E-state index in [4.69, 9.17) is 5.73 Å². The Morgan fingerprint density at radius 3 is 2.53 bits per heavy atom. The molecule has 17 heavy (non-hydrogen) atoms. The molecule has 2 nitrogen and oxygen atoms in total. The van der Waals surface area contributed by atoms with Crippen LogP contribution in [0.2, 0.25) is 0 Å². The minimum absolute atomic E-state index is 0.0195. The number of anilines is 1. The average Bonchev–Trinajstić information content (AvgIpc) is 2.60. The normalized spacial score (nSPS) is 10.5. The highest BCUT2D eigenvalue weighted by Gasteiger charge is 2.16. The summed E-state index contributed by atoms with van der Waals surface area (Å²) in [5, 5.41) is 0. The molecule has 0 radical (unpaired) electrons. The Balaban J connectivity index is 2.50. The molecule has 1 aromatic carbocycles. The molecule has 0 aliphatic carbocycles. The number of carbonyl (C=O) groups is 1. The Kier molecular flexibility index (Phi) is 3.35. The molecule has 0 saturated carbocycles. The Labute approximate surface area is 113 Å². The van der Waals surface area contributed by atoms with E-state index in [2.05, 4.69) is 15.9 Å². The standard InChI is InChI=1S/C13H12BrNOS/c1-7-5-10(8(2)17-7)13(16)11-6-9(15)3-4-12(11)14/h3-6H,15H2,1-2H3. The number of rotatable bonds is 2. The van der Waals surface area contributed by atoms with E-state index in [1.54, 1.807) is 29.5 Å². The summed E-state index contributed by atoms with van der Waals surface area (Å²) in [6.07, 6.45) is 0. The number of nitrogens with two attached hydrogens (primary N) is 1. The van der Waals surface area contributed by atoms with Gasteiger partial charge in [0.15, 0.2) is 5.78 Å². The molecule has 0 fully saturated rings.